The van der Waals surface area contributed by atoms with Crippen molar-refractivity contribution in [3.8, 4) is 0 Å². The molecule has 3 nitrogen and oxygen atoms in total. The molecule has 2 N–H and O–H groups in total. The van der Waals surface area contributed by atoms with Crippen LogP contribution in [0.1, 0.15) is 56.2 Å². The first kappa shape index (κ1) is 14.1. The molecule has 1 aromatic heterocycles. The van der Waals surface area contributed by atoms with Gasteiger partial charge in [0.25, 0.3) is 0 Å². The first-order chi connectivity index (χ1) is 9.65. The summed E-state index contributed by atoms with van der Waals surface area (Å²) in [5.41, 5.74) is -0.992. The molecule has 0 saturated heterocycles. The molecule has 1 heterocycles. The average molecular weight is 293 g/mol. The molecule has 0 unspecified atom stereocenters. The molecule has 20 heavy (non-hydrogen) atoms. The van der Waals surface area contributed by atoms with Crippen LogP contribution < -0.4 is 5.32 Å². The van der Waals surface area contributed by atoms with Crippen LogP contribution in [0.2, 0.25) is 0 Å². The molecule has 2 aliphatic rings. The van der Waals surface area contributed by atoms with Crippen molar-refractivity contribution in [2.24, 2.45) is 0 Å². The molecule has 0 bridgehead atoms. The quantitative estimate of drug-likeness (QED) is 0.896. The van der Waals surface area contributed by atoms with Gasteiger partial charge in [0.2, 0.25) is 5.91 Å². The van der Waals surface area contributed by atoms with E-state index in [9.17, 15) is 9.90 Å². The molecule has 0 aromatic carbocycles. The summed E-state index contributed by atoms with van der Waals surface area (Å²) in [6, 6.07) is 4.11. The van der Waals surface area contributed by atoms with Crippen molar-refractivity contribution in [2.45, 2.75) is 62.4 Å². The van der Waals surface area contributed by atoms with Gasteiger partial charge in [0.15, 0.2) is 0 Å². The molecule has 110 valence electrons. The van der Waals surface area contributed by atoms with Gasteiger partial charge in [0.1, 0.15) is 0 Å². The van der Waals surface area contributed by atoms with Crippen molar-refractivity contribution < 1.29 is 9.90 Å². The van der Waals surface area contributed by atoms with Gasteiger partial charge in [-0.1, -0.05) is 31.7 Å². The van der Waals surface area contributed by atoms with Crippen LogP contribution in [-0.4, -0.2) is 23.2 Å². The van der Waals surface area contributed by atoms with Crippen LogP contribution in [-0.2, 0) is 10.2 Å². The second-order valence-corrected chi connectivity index (χ2v) is 7.33. The predicted octanol–water partition coefficient (Wildman–Crippen LogP) is 2.98. The van der Waals surface area contributed by atoms with Crippen LogP contribution in [0.4, 0.5) is 0 Å². The molecule has 1 amide bonds. The average Bonchev–Trinajstić information content (AvgIpc) is 3.17. The van der Waals surface area contributed by atoms with E-state index in [1.54, 1.807) is 11.3 Å². The number of amides is 1. The van der Waals surface area contributed by atoms with Crippen LogP contribution in [0.5, 0.6) is 0 Å². The highest BCUT2D eigenvalue weighted by atomic mass is 32.1. The Labute approximate surface area is 124 Å². The molecule has 0 aliphatic heterocycles. The lowest BCUT2D eigenvalue weighted by Gasteiger charge is -2.29. The van der Waals surface area contributed by atoms with Gasteiger partial charge >= 0.3 is 0 Å². The van der Waals surface area contributed by atoms with Crippen molar-refractivity contribution in [3.63, 3.8) is 0 Å². The third-order valence-corrected chi connectivity index (χ3v) is 6.07. The first-order valence-corrected chi connectivity index (χ1v) is 8.57. The van der Waals surface area contributed by atoms with Crippen molar-refractivity contribution in [3.05, 3.63) is 22.4 Å². The fourth-order valence-electron chi connectivity index (χ4n) is 3.74. The molecule has 0 radical (unpaired) electrons. The van der Waals surface area contributed by atoms with Crippen LogP contribution in [0, 0.1) is 0 Å². The Hall–Kier alpha value is -0.870. The number of rotatable bonds is 4. The lowest BCUT2D eigenvalue weighted by molar-refractivity contribution is -0.127. The fraction of sp³-hybridized carbons (Fsp3) is 0.688. The monoisotopic (exact) mass is 293 g/mol. The minimum Gasteiger partial charge on any atom is -0.388 e. The second-order valence-electron chi connectivity index (χ2n) is 6.38. The van der Waals surface area contributed by atoms with E-state index >= 15 is 0 Å². The zero-order valence-electron chi connectivity index (χ0n) is 11.9. The van der Waals surface area contributed by atoms with E-state index in [2.05, 4.69) is 11.4 Å². The van der Waals surface area contributed by atoms with Crippen molar-refractivity contribution in [1.29, 1.82) is 0 Å². The maximum absolute atomic E-state index is 12.7. The zero-order valence-corrected chi connectivity index (χ0v) is 12.7. The number of hydrogen-bond donors (Lipinski definition) is 2. The third-order valence-electron chi connectivity index (χ3n) is 5.00. The van der Waals surface area contributed by atoms with Gasteiger partial charge in [-0.25, -0.2) is 0 Å². The molecular weight excluding hydrogens is 270 g/mol. The van der Waals surface area contributed by atoms with E-state index in [1.165, 1.54) is 4.88 Å². The Morgan fingerprint density at radius 2 is 1.85 bits per heavy atom. The molecular formula is C16H23NO2S. The number of carbonyl (C=O) groups is 1. The van der Waals surface area contributed by atoms with Crippen molar-refractivity contribution in [1.82, 2.24) is 5.32 Å². The molecule has 4 heteroatoms. The van der Waals surface area contributed by atoms with Gasteiger partial charge in [-0.2, -0.15) is 0 Å². The van der Waals surface area contributed by atoms with E-state index in [0.717, 1.165) is 51.4 Å². The van der Waals surface area contributed by atoms with E-state index in [4.69, 9.17) is 0 Å². The highest BCUT2D eigenvalue weighted by molar-refractivity contribution is 7.10. The Balaban J connectivity index is 1.70. The Morgan fingerprint density at radius 1 is 1.20 bits per heavy atom. The summed E-state index contributed by atoms with van der Waals surface area (Å²) in [5, 5.41) is 15.5. The van der Waals surface area contributed by atoms with E-state index in [-0.39, 0.29) is 11.3 Å². The SMILES string of the molecule is O=C(NCC1(O)CCCC1)C1(c2cccs2)CCCC1. The summed E-state index contributed by atoms with van der Waals surface area (Å²) in [7, 11) is 0. The molecule has 2 saturated carbocycles. The molecule has 0 atom stereocenters. The number of carbonyl (C=O) groups excluding carboxylic acids is 1. The molecule has 0 spiro atoms. The van der Waals surface area contributed by atoms with Crippen molar-refractivity contribution in [2.75, 3.05) is 6.54 Å². The van der Waals surface area contributed by atoms with Crippen LogP contribution in [0.3, 0.4) is 0 Å². The predicted molar refractivity (Wildman–Crippen MR) is 80.9 cm³/mol. The number of hydrogen-bond acceptors (Lipinski definition) is 3. The molecule has 3 rings (SSSR count). The largest absolute Gasteiger partial charge is 0.388 e. The van der Waals surface area contributed by atoms with Gasteiger partial charge < -0.3 is 10.4 Å². The fourth-order valence-corrected chi connectivity index (χ4v) is 4.72. The highest BCUT2D eigenvalue weighted by Gasteiger charge is 2.44. The summed E-state index contributed by atoms with van der Waals surface area (Å²) in [6.07, 6.45) is 7.91. The van der Waals surface area contributed by atoms with Gasteiger partial charge in [-0.15, -0.1) is 11.3 Å². The summed E-state index contributed by atoms with van der Waals surface area (Å²) in [6.45, 7) is 0.416. The number of aliphatic hydroxyl groups is 1. The Morgan fingerprint density at radius 3 is 2.45 bits per heavy atom. The van der Waals surface area contributed by atoms with E-state index < -0.39 is 5.60 Å². The molecule has 1 aromatic rings. The van der Waals surface area contributed by atoms with Gasteiger partial charge in [0, 0.05) is 11.4 Å². The number of thiophene rings is 1. The maximum atomic E-state index is 12.7. The van der Waals surface area contributed by atoms with Gasteiger partial charge in [-0.3, -0.25) is 4.79 Å². The lowest BCUT2D eigenvalue weighted by Crippen LogP contribution is -2.48. The Bertz CT molecular complexity index is 457. The summed E-state index contributed by atoms with van der Waals surface area (Å²) >= 11 is 1.68. The highest BCUT2D eigenvalue weighted by Crippen LogP contribution is 2.43. The van der Waals surface area contributed by atoms with E-state index in [1.807, 2.05) is 11.4 Å². The standard InChI is InChI=1S/C16H23NO2S/c18-14(17-12-15(19)7-1-2-8-15)16(9-3-4-10-16)13-6-5-11-20-13/h5-6,11,19H,1-4,7-10,12H2,(H,17,18). The normalized spacial score (nSPS) is 23.9. The van der Waals surface area contributed by atoms with Gasteiger partial charge in [-0.05, 0) is 37.1 Å². The van der Waals surface area contributed by atoms with Crippen LogP contribution in [0.15, 0.2) is 17.5 Å². The molecule has 2 fully saturated rings. The number of nitrogens with one attached hydrogen (secondary N) is 1. The summed E-state index contributed by atoms with van der Waals surface area (Å²) in [5.74, 6) is 0.123. The van der Waals surface area contributed by atoms with E-state index in [0.29, 0.717) is 6.54 Å². The minimum absolute atomic E-state index is 0.123. The summed E-state index contributed by atoms with van der Waals surface area (Å²) < 4.78 is 0. The zero-order chi connectivity index (χ0) is 14.1. The summed E-state index contributed by atoms with van der Waals surface area (Å²) in [4.78, 5) is 13.9. The minimum atomic E-state index is -0.662. The third kappa shape index (κ3) is 2.51. The lowest BCUT2D eigenvalue weighted by atomic mass is 9.83. The molecule has 2 aliphatic carbocycles. The smallest absolute Gasteiger partial charge is 0.231 e. The topological polar surface area (TPSA) is 49.3 Å². The van der Waals surface area contributed by atoms with Crippen LogP contribution >= 0.6 is 11.3 Å². The Kier molecular flexibility index (Phi) is 3.87. The first-order valence-electron chi connectivity index (χ1n) is 7.69. The maximum Gasteiger partial charge on any atom is 0.231 e. The van der Waals surface area contributed by atoms with Gasteiger partial charge in [0.05, 0.1) is 11.0 Å². The van der Waals surface area contributed by atoms with Crippen molar-refractivity contribution >= 4 is 17.2 Å². The second kappa shape index (κ2) is 5.49. The van der Waals surface area contributed by atoms with Crippen LogP contribution in [0.25, 0.3) is 0 Å².